The predicted octanol–water partition coefficient (Wildman–Crippen LogP) is 2.14. The average Bonchev–Trinajstić information content (AvgIpc) is 2.07. The molecule has 0 saturated heterocycles. The second-order valence-electron chi connectivity index (χ2n) is 4.45. The minimum atomic E-state index is -4.10. The summed E-state index contributed by atoms with van der Waals surface area (Å²) in [4.78, 5) is 1.41. The van der Waals surface area contributed by atoms with Gasteiger partial charge in [0.25, 0.3) is 0 Å². The first-order valence-corrected chi connectivity index (χ1v) is 5.43. The van der Waals surface area contributed by atoms with Crippen LogP contribution in [0.2, 0.25) is 0 Å². The summed E-state index contributed by atoms with van der Waals surface area (Å²) in [6.07, 6.45) is -0.399. The molecule has 5 heteroatoms. The van der Waals surface area contributed by atoms with Gasteiger partial charge in [-0.15, -0.1) is 0 Å². The molecule has 0 aromatic heterocycles. The zero-order valence-electron chi connectivity index (χ0n) is 9.11. The molecule has 15 heavy (non-hydrogen) atoms. The van der Waals surface area contributed by atoms with Gasteiger partial charge in [0.15, 0.2) is 0 Å². The topological polar surface area (TPSA) is 29.3 Å². The van der Waals surface area contributed by atoms with Crippen LogP contribution >= 0.6 is 0 Å². The van der Waals surface area contributed by atoms with Crippen molar-refractivity contribution in [3.8, 4) is 0 Å². The highest BCUT2D eigenvalue weighted by molar-refractivity contribution is 4.93. The summed E-state index contributed by atoms with van der Waals surface area (Å²) in [7, 11) is 0. The molecular weight excluding hydrogens is 205 g/mol. The SMILES string of the molecule is CCN(CCC1(N)CCC1)CC(F)(F)F. The first-order valence-electron chi connectivity index (χ1n) is 5.43. The Bertz CT molecular complexity index is 199. The summed E-state index contributed by atoms with van der Waals surface area (Å²) in [5.41, 5.74) is 5.78. The molecule has 90 valence electrons. The fourth-order valence-electron chi connectivity index (χ4n) is 1.86. The van der Waals surface area contributed by atoms with Crippen LogP contribution in [-0.2, 0) is 0 Å². The van der Waals surface area contributed by atoms with Crippen molar-refractivity contribution in [2.75, 3.05) is 19.6 Å². The minimum absolute atomic E-state index is 0.182. The standard InChI is InChI=1S/C10H19F3N2/c1-2-15(8-10(11,12)13)7-6-9(14)4-3-5-9/h2-8,14H2,1H3. The molecule has 2 N–H and O–H groups in total. The monoisotopic (exact) mass is 224 g/mol. The molecule has 0 bridgehead atoms. The summed E-state index contributed by atoms with van der Waals surface area (Å²) in [5.74, 6) is 0. The van der Waals surface area contributed by atoms with Crippen molar-refractivity contribution in [3.63, 3.8) is 0 Å². The Kier molecular flexibility index (Phi) is 4.00. The van der Waals surface area contributed by atoms with Crippen molar-refractivity contribution in [1.82, 2.24) is 4.90 Å². The third kappa shape index (κ3) is 4.38. The summed E-state index contributed by atoms with van der Waals surface area (Å²) in [6, 6.07) is 0. The van der Waals surface area contributed by atoms with Crippen LogP contribution in [0.25, 0.3) is 0 Å². The van der Waals surface area contributed by atoms with Crippen LogP contribution in [0.5, 0.6) is 0 Å². The molecule has 0 unspecified atom stereocenters. The van der Waals surface area contributed by atoms with Crippen LogP contribution in [-0.4, -0.2) is 36.2 Å². The largest absolute Gasteiger partial charge is 0.401 e. The van der Waals surface area contributed by atoms with Gasteiger partial charge in [-0.1, -0.05) is 6.92 Å². The van der Waals surface area contributed by atoms with E-state index in [-0.39, 0.29) is 5.54 Å². The van der Waals surface area contributed by atoms with Gasteiger partial charge in [0.2, 0.25) is 0 Å². The molecule has 0 spiro atoms. The lowest BCUT2D eigenvalue weighted by atomic mass is 9.75. The van der Waals surface area contributed by atoms with Crippen molar-refractivity contribution in [1.29, 1.82) is 0 Å². The normalized spacial score (nSPS) is 20.4. The van der Waals surface area contributed by atoms with E-state index >= 15 is 0 Å². The number of nitrogens with two attached hydrogens (primary N) is 1. The van der Waals surface area contributed by atoms with Gasteiger partial charge in [0.05, 0.1) is 6.54 Å². The van der Waals surface area contributed by atoms with E-state index in [0.29, 0.717) is 19.5 Å². The van der Waals surface area contributed by atoms with Crippen molar-refractivity contribution >= 4 is 0 Å². The number of halogens is 3. The molecule has 0 aromatic carbocycles. The van der Waals surface area contributed by atoms with Crippen molar-refractivity contribution in [2.24, 2.45) is 5.73 Å². The quantitative estimate of drug-likeness (QED) is 0.775. The molecule has 1 rings (SSSR count). The Labute approximate surface area is 88.6 Å². The highest BCUT2D eigenvalue weighted by atomic mass is 19.4. The maximum atomic E-state index is 12.1. The van der Waals surface area contributed by atoms with E-state index in [4.69, 9.17) is 5.73 Å². The summed E-state index contributed by atoms with van der Waals surface area (Å²) in [5, 5.41) is 0. The molecule has 0 atom stereocenters. The van der Waals surface area contributed by atoms with Gasteiger partial charge >= 0.3 is 6.18 Å². The lowest BCUT2D eigenvalue weighted by Crippen LogP contribution is -2.49. The van der Waals surface area contributed by atoms with Crippen LogP contribution in [0.15, 0.2) is 0 Å². The zero-order valence-corrected chi connectivity index (χ0v) is 9.11. The lowest BCUT2D eigenvalue weighted by Gasteiger charge is -2.39. The second-order valence-corrected chi connectivity index (χ2v) is 4.45. The Morgan fingerprint density at radius 2 is 1.93 bits per heavy atom. The molecule has 0 heterocycles. The molecule has 1 aliphatic rings. The maximum Gasteiger partial charge on any atom is 0.401 e. The molecule has 0 aliphatic heterocycles. The van der Waals surface area contributed by atoms with E-state index in [2.05, 4.69) is 0 Å². The van der Waals surface area contributed by atoms with E-state index in [1.54, 1.807) is 6.92 Å². The molecule has 1 saturated carbocycles. The number of hydrogen-bond donors (Lipinski definition) is 1. The van der Waals surface area contributed by atoms with Gasteiger partial charge < -0.3 is 5.73 Å². The maximum absolute atomic E-state index is 12.1. The summed E-state index contributed by atoms with van der Waals surface area (Å²) >= 11 is 0. The first kappa shape index (κ1) is 12.8. The Morgan fingerprint density at radius 1 is 1.33 bits per heavy atom. The first-order chi connectivity index (χ1) is 6.85. The van der Waals surface area contributed by atoms with Crippen molar-refractivity contribution < 1.29 is 13.2 Å². The number of hydrogen-bond acceptors (Lipinski definition) is 2. The Balaban J connectivity index is 2.27. The predicted molar refractivity (Wildman–Crippen MR) is 53.6 cm³/mol. The van der Waals surface area contributed by atoms with E-state index < -0.39 is 12.7 Å². The Hall–Kier alpha value is -0.290. The number of rotatable bonds is 5. The zero-order chi connectivity index (χ0) is 11.5. The van der Waals surface area contributed by atoms with E-state index in [0.717, 1.165) is 19.3 Å². The summed E-state index contributed by atoms with van der Waals surface area (Å²) in [6.45, 7) is 1.80. The summed E-state index contributed by atoms with van der Waals surface area (Å²) < 4.78 is 36.4. The molecule has 1 aliphatic carbocycles. The molecule has 2 nitrogen and oxygen atoms in total. The van der Waals surface area contributed by atoms with E-state index in [1.165, 1.54) is 4.90 Å². The molecule has 1 fully saturated rings. The van der Waals surface area contributed by atoms with Crippen LogP contribution < -0.4 is 5.73 Å². The third-order valence-electron chi connectivity index (χ3n) is 3.13. The smallest absolute Gasteiger partial charge is 0.325 e. The molecule has 0 amide bonds. The molecule has 0 radical (unpaired) electrons. The average molecular weight is 224 g/mol. The lowest BCUT2D eigenvalue weighted by molar-refractivity contribution is -0.146. The van der Waals surface area contributed by atoms with Crippen LogP contribution in [0.1, 0.15) is 32.6 Å². The van der Waals surface area contributed by atoms with Crippen molar-refractivity contribution in [3.05, 3.63) is 0 Å². The highest BCUT2D eigenvalue weighted by Crippen LogP contribution is 2.32. The second kappa shape index (κ2) is 4.70. The fraction of sp³-hybridized carbons (Fsp3) is 1.00. The van der Waals surface area contributed by atoms with Crippen molar-refractivity contribution in [2.45, 2.75) is 44.3 Å². The van der Waals surface area contributed by atoms with E-state index in [9.17, 15) is 13.2 Å². The Morgan fingerprint density at radius 3 is 2.27 bits per heavy atom. The van der Waals surface area contributed by atoms with Crippen LogP contribution in [0.3, 0.4) is 0 Å². The fourth-order valence-corrected chi connectivity index (χ4v) is 1.86. The van der Waals surface area contributed by atoms with Gasteiger partial charge in [-0.25, -0.2) is 0 Å². The molecule has 0 aromatic rings. The van der Waals surface area contributed by atoms with Gasteiger partial charge in [-0.2, -0.15) is 13.2 Å². The number of alkyl halides is 3. The molecular formula is C10H19F3N2. The van der Waals surface area contributed by atoms with Crippen LogP contribution in [0.4, 0.5) is 13.2 Å². The highest BCUT2D eigenvalue weighted by Gasteiger charge is 2.34. The van der Waals surface area contributed by atoms with Gasteiger partial charge in [0, 0.05) is 12.1 Å². The van der Waals surface area contributed by atoms with Gasteiger partial charge in [-0.05, 0) is 32.2 Å². The van der Waals surface area contributed by atoms with Crippen LogP contribution in [0, 0.1) is 0 Å². The van der Waals surface area contributed by atoms with E-state index in [1.807, 2.05) is 0 Å². The third-order valence-corrected chi connectivity index (χ3v) is 3.13. The van der Waals surface area contributed by atoms with Gasteiger partial charge in [0.1, 0.15) is 0 Å². The number of nitrogens with zero attached hydrogens (tertiary/aromatic N) is 1. The minimum Gasteiger partial charge on any atom is -0.325 e. The van der Waals surface area contributed by atoms with Gasteiger partial charge in [-0.3, -0.25) is 4.90 Å².